The van der Waals surface area contributed by atoms with Crippen molar-refractivity contribution < 1.29 is 4.74 Å². The topological polar surface area (TPSA) is 61.8 Å². The highest BCUT2D eigenvalue weighted by Crippen LogP contribution is 2.18. The Morgan fingerprint density at radius 2 is 2.12 bits per heavy atom. The summed E-state index contributed by atoms with van der Waals surface area (Å²) < 4.78 is 5.45. The van der Waals surface area contributed by atoms with Crippen LogP contribution in [0.1, 0.15) is 45.1 Å². The molecule has 0 spiro atoms. The first kappa shape index (κ1) is 23.0. The molecule has 2 rings (SSSR count). The van der Waals surface area contributed by atoms with Gasteiger partial charge in [0.25, 0.3) is 0 Å². The van der Waals surface area contributed by atoms with Crippen molar-refractivity contribution >= 4 is 35.8 Å². The normalized spacial score (nSPS) is 16.0. The lowest BCUT2D eigenvalue weighted by Gasteiger charge is -2.29. The molecule has 0 radical (unpaired) electrons. The van der Waals surface area contributed by atoms with Crippen molar-refractivity contribution in [2.24, 2.45) is 4.99 Å². The summed E-state index contributed by atoms with van der Waals surface area (Å²) in [5, 5.41) is 6.91. The van der Waals surface area contributed by atoms with Gasteiger partial charge in [0, 0.05) is 44.5 Å². The number of nitrogens with one attached hydrogen (secondary N) is 2. The molecule has 1 atom stereocenters. The molecule has 1 unspecified atom stereocenters. The summed E-state index contributed by atoms with van der Waals surface area (Å²) in [6.07, 6.45) is 6.82. The van der Waals surface area contributed by atoms with Crippen molar-refractivity contribution in [1.82, 2.24) is 15.6 Å². The molecule has 0 saturated carbocycles. The summed E-state index contributed by atoms with van der Waals surface area (Å²) in [6.45, 7) is 8.48. The van der Waals surface area contributed by atoms with Crippen molar-refractivity contribution in [2.45, 2.75) is 52.1 Å². The van der Waals surface area contributed by atoms with Crippen LogP contribution in [-0.2, 0) is 11.3 Å². The average molecular weight is 475 g/mol. The lowest BCUT2D eigenvalue weighted by atomic mass is 10.1. The Labute approximate surface area is 175 Å². The third kappa shape index (κ3) is 7.65. The highest BCUT2D eigenvalue weighted by Gasteiger charge is 2.16. The van der Waals surface area contributed by atoms with Gasteiger partial charge >= 0.3 is 0 Å². The Kier molecular flexibility index (Phi) is 11.6. The Hall–Kier alpha value is -1.09. The molecule has 1 aliphatic rings. The van der Waals surface area contributed by atoms with Crippen LogP contribution in [0.15, 0.2) is 23.3 Å². The summed E-state index contributed by atoms with van der Waals surface area (Å²) in [5.41, 5.74) is 1.19. The number of aromatic nitrogens is 1. The standard InChI is InChI=1S/C19H33N5O.HI/c1-4-5-6-8-16(2)23-19(20-3)22-15-17-9-7-10-21-18(17)24-11-13-25-14-12-24;/h7,9-10,16H,4-6,8,11-15H2,1-3H3,(H2,20,22,23);1H. The van der Waals surface area contributed by atoms with E-state index in [1.807, 2.05) is 19.3 Å². The second-order valence-electron chi connectivity index (χ2n) is 6.55. The van der Waals surface area contributed by atoms with Gasteiger partial charge in [-0.1, -0.05) is 32.3 Å². The molecule has 0 bridgehead atoms. The number of guanidine groups is 1. The molecule has 1 aromatic rings. The fourth-order valence-corrected chi connectivity index (χ4v) is 3.01. The maximum absolute atomic E-state index is 5.45. The lowest BCUT2D eigenvalue weighted by molar-refractivity contribution is 0.122. The van der Waals surface area contributed by atoms with Crippen molar-refractivity contribution in [2.75, 3.05) is 38.3 Å². The third-order valence-electron chi connectivity index (χ3n) is 4.47. The quantitative estimate of drug-likeness (QED) is 0.262. The first-order chi connectivity index (χ1) is 12.2. The number of morpholine rings is 1. The van der Waals surface area contributed by atoms with Crippen LogP contribution in [0, 0.1) is 0 Å². The minimum Gasteiger partial charge on any atom is -0.378 e. The summed E-state index contributed by atoms with van der Waals surface area (Å²) in [6, 6.07) is 4.54. The van der Waals surface area contributed by atoms with Crippen molar-refractivity contribution in [3.63, 3.8) is 0 Å². The molecule has 2 heterocycles. The van der Waals surface area contributed by atoms with Crippen LogP contribution < -0.4 is 15.5 Å². The van der Waals surface area contributed by atoms with Gasteiger partial charge in [-0.2, -0.15) is 0 Å². The number of hydrogen-bond donors (Lipinski definition) is 2. The van der Waals surface area contributed by atoms with E-state index in [1.54, 1.807) is 0 Å². The number of pyridine rings is 1. The molecule has 0 amide bonds. The molecule has 6 nitrogen and oxygen atoms in total. The van der Waals surface area contributed by atoms with Crippen LogP contribution in [0.2, 0.25) is 0 Å². The van der Waals surface area contributed by atoms with Crippen LogP contribution >= 0.6 is 24.0 Å². The number of nitrogens with zero attached hydrogens (tertiary/aromatic N) is 3. The fraction of sp³-hybridized carbons (Fsp3) is 0.684. The molecule has 26 heavy (non-hydrogen) atoms. The fourth-order valence-electron chi connectivity index (χ4n) is 3.01. The largest absolute Gasteiger partial charge is 0.378 e. The van der Waals surface area contributed by atoms with E-state index < -0.39 is 0 Å². The minimum absolute atomic E-state index is 0. The minimum atomic E-state index is 0. The first-order valence-electron chi connectivity index (χ1n) is 9.48. The predicted molar refractivity (Wildman–Crippen MR) is 120 cm³/mol. The number of unbranched alkanes of at least 4 members (excludes halogenated alkanes) is 2. The van der Waals surface area contributed by atoms with Crippen molar-refractivity contribution in [3.05, 3.63) is 23.9 Å². The van der Waals surface area contributed by atoms with E-state index in [1.165, 1.54) is 31.2 Å². The highest BCUT2D eigenvalue weighted by atomic mass is 127. The Morgan fingerprint density at radius 3 is 2.81 bits per heavy atom. The van der Waals surface area contributed by atoms with E-state index >= 15 is 0 Å². The van der Waals surface area contributed by atoms with Gasteiger partial charge in [-0.05, 0) is 19.4 Å². The molecule has 1 fully saturated rings. The molecule has 1 aromatic heterocycles. The molecule has 1 aliphatic heterocycles. The van der Waals surface area contributed by atoms with Gasteiger partial charge in [0.05, 0.1) is 13.2 Å². The Morgan fingerprint density at radius 1 is 1.35 bits per heavy atom. The van der Waals surface area contributed by atoms with E-state index in [2.05, 4.69) is 45.4 Å². The highest BCUT2D eigenvalue weighted by molar-refractivity contribution is 14.0. The maximum Gasteiger partial charge on any atom is 0.191 e. The zero-order valence-electron chi connectivity index (χ0n) is 16.3. The summed E-state index contributed by atoms with van der Waals surface area (Å²) >= 11 is 0. The van der Waals surface area contributed by atoms with Crippen LogP contribution in [-0.4, -0.2) is 50.3 Å². The van der Waals surface area contributed by atoms with Crippen LogP contribution in [0.25, 0.3) is 0 Å². The molecule has 7 heteroatoms. The third-order valence-corrected chi connectivity index (χ3v) is 4.47. The smallest absolute Gasteiger partial charge is 0.191 e. The van der Waals surface area contributed by atoms with Gasteiger partial charge in [0.2, 0.25) is 0 Å². The second-order valence-corrected chi connectivity index (χ2v) is 6.55. The van der Waals surface area contributed by atoms with Gasteiger partial charge in [-0.15, -0.1) is 24.0 Å². The molecule has 1 saturated heterocycles. The van der Waals surface area contributed by atoms with Gasteiger partial charge in [-0.3, -0.25) is 4.99 Å². The van der Waals surface area contributed by atoms with E-state index in [0.29, 0.717) is 12.6 Å². The zero-order chi connectivity index (χ0) is 17.9. The Bertz CT molecular complexity index is 534. The van der Waals surface area contributed by atoms with Crippen LogP contribution in [0.4, 0.5) is 5.82 Å². The SMILES string of the molecule is CCCCCC(C)NC(=NC)NCc1cccnc1N1CCOCC1.I. The van der Waals surface area contributed by atoms with Crippen molar-refractivity contribution in [3.8, 4) is 0 Å². The molecular formula is C19H34IN5O. The Balaban J connectivity index is 0.00000338. The molecule has 0 aliphatic carbocycles. The monoisotopic (exact) mass is 475 g/mol. The second kappa shape index (κ2) is 13.1. The van der Waals surface area contributed by atoms with Gasteiger partial charge in [-0.25, -0.2) is 4.98 Å². The number of aliphatic imine (C=N–C) groups is 1. The lowest BCUT2D eigenvalue weighted by Crippen LogP contribution is -2.42. The number of rotatable bonds is 8. The van der Waals surface area contributed by atoms with Crippen LogP contribution in [0.5, 0.6) is 0 Å². The summed E-state index contributed by atoms with van der Waals surface area (Å²) in [4.78, 5) is 11.2. The average Bonchev–Trinajstić information content (AvgIpc) is 2.66. The number of ether oxygens (including phenoxy) is 1. The van der Waals surface area contributed by atoms with Gasteiger partial charge in [0.1, 0.15) is 5.82 Å². The number of hydrogen-bond acceptors (Lipinski definition) is 4. The van der Waals surface area contributed by atoms with E-state index in [9.17, 15) is 0 Å². The van der Waals surface area contributed by atoms with E-state index in [4.69, 9.17) is 4.74 Å². The number of anilines is 1. The van der Waals surface area contributed by atoms with E-state index in [0.717, 1.165) is 38.1 Å². The summed E-state index contributed by atoms with van der Waals surface area (Å²) in [7, 11) is 1.82. The zero-order valence-corrected chi connectivity index (χ0v) is 18.7. The molecule has 0 aromatic carbocycles. The molecule has 148 valence electrons. The maximum atomic E-state index is 5.45. The van der Waals surface area contributed by atoms with Gasteiger partial charge in [0.15, 0.2) is 5.96 Å². The van der Waals surface area contributed by atoms with Gasteiger partial charge < -0.3 is 20.3 Å². The van der Waals surface area contributed by atoms with Crippen molar-refractivity contribution in [1.29, 1.82) is 0 Å². The summed E-state index contributed by atoms with van der Waals surface area (Å²) in [5.74, 6) is 1.89. The predicted octanol–water partition coefficient (Wildman–Crippen LogP) is 3.17. The number of halogens is 1. The van der Waals surface area contributed by atoms with E-state index in [-0.39, 0.29) is 24.0 Å². The molecular weight excluding hydrogens is 441 g/mol. The van der Waals surface area contributed by atoms with Crippen LogP contribution in [0.3, 0.4) is 0 Å². The first-order valence-corrected chi connectivity index (χ1v) is 9.48. The molecule has 2 N–H and O–H groups in total.